The highest BCUT2D eigenvalue weighted by molar-refractivity contribution is 6.51. The number of hydrogen-bond donors (Lipinski definition) is 1. The largest absolute Gasteiger partial charge is 0.507 e. The summed E-state index contributed by atoms with van der Waals surface area (Å²) in [4.78, 5) is 28.2. The molecule has 1 heterocycles. The molecule has 1 unspecified atom stereocenters. The Labute approximate surface area is 234 Å². The Bertz CT molecular complexity index is 1440. The Hall–Kier alpha value is -4.77. The van der Waals surface area contributed by atoms with Crippen molar-refractivity contribution in [2.45, 2.75) is 39.2 Å². The van der Waals surface area contributed by atoms with Gasteiger partial charge >= 0.3 is 0 Å². The second-order valence-electron chi connectivity index (χ2n) is 9.25. The Balaban J connectivity index is 1.81. The van der Waals surface area contributed by atoms with Gasteiger partial charge in [0.15, 0.2) is 11.5 Å². The third kappa shape index (κ3) is 5.79. The van der Waals surface area contributed by atoms with Gasteiger partial charge in [-0.15, -0.1) is 0 Å². The summed E-state index contributed by atoms with van der Waals surface area (Å²) >= 11 is 0. The van der Waals surface area contributed by atoms with Crippen LogP contribution in [0.15, 0.2) is 72.3 Å². The molecule has 0 spiro atoms. The van der Waals surface area contributed by atoms with Gasteiger partial charge in [0.2, 0.25) is 0 Å². The summed E-state index contributed by atoms with van der Waals surface area (Å²) < 4.78 is 16.9. The van der Waals surface area contributed by atoms with Gasteiger partial charge in [-0.3, -0.25) is 14.5 Å². The van der Waals surface area contributed by atoms with Gasteiger partial charge in [0.1, 0.15) is 11.5 Å². The number of carbonyl (C=O) groups excluding carboxylic acids is 2. The number of nitriles is 1. The number of aliphatic hydroxyl groups excluding tert-OH is 1. The molecule has 3 aromatic rings. The highest BCUT2D eigenvalue weighted by atomic mass is 16.5. The molecule has 0 aliphatic carbocycles. The van der Waals surface area contributed by atoms with Crippen LogP contribution >= 0.6 is 0 Å². The Morgan fingerprint density at radius 1 is 0.950 bits per heavy atom. The number of aliphatic hydroxyl groups is 1. The minimum Gasteiger partial charge on any atom is -0.507 e. The van der Waals surface area contributed by atoms with E-state index in [1.165, 1.54) is 12.0 Å². The smallest absolute Gasteiger partial charge is 0.300 e. The number of hydrogen-bond acceptors (Lipinski definition) is 7. The van der Waals surface area contributed by atoms with Gasteiger partial charge in [-0.25, -0.2) is 0 Å². The molecule has 4 rings (SSSR count). The van der Waals surface area contributed by atoms with Gasteiger partial charge < -0.3 is 19.3 Å². The predicted octanol–water partition coefficient (Wildman–Crippen LogP) is 6.16. The monoisotopic (exact) mass is 540 g/mol. The second kappa shape index (κ2) is 12.9. The van der Waals surface area contributed by atoms with Gasteiger partial charge in [-0.1, -0.05) is 25.8 Å². The minimum atomic E-state index is -0.956. The molecular formula is C32H32N2O6. The van der Waals surface area contributed by atoms with Gasteiger partial charge in [0.05, 0.1) is 43.6 Å². The third-order valence-corrected chi connectivity index (χ3v) is 6.67. The van der Waals surface area contributed by atoms with Crippen LogP contribution in [-0.2, 0) is 9.59 Å². The van der Waals surface area contributed by atoms with E-state index >= 15 is 0 Å². The van der Waals surface area contributed by atoms with Crippen LogP contribution < -0.4 is 19.1 Å². The number of unbranched alkanes of at least 4 members (excludes halogenated alkanes) is 2. The maximum Gasteiger partial charge on any atom is 0.300 e. The number of ketones is 1. The van der Waals surface area contributed by atoms with Crippen LogP contribution in [0.25, 0.3) is 5.76 Å². The Morgan fingerprint density at radius 3 is 2.30 bits per heavy atom. The number of nitrogens with zero attached hydrogens (tertiary/aromatic N) is 2. The van der Waals surface area contributed by atoms with Crippen LogP contribution in [0.3, 0.4) is 0 Å². The molecule has 0 aromatic heterocycles. The fourth-order valence-corrected chi connectivity index (χ4v) is 4.65. The van der Waals surface area contributed by atoms with E-state index in [0.717, 1.165) is 19.3 Å². The van der Waals surface area contributed by atoms with Gasteiger partial charge in [-0.2, -0.15) is 5.26 Å². The molecule has 8 heteroatoms. The third-order valence-electron chi connectivity index (χ3n) is 6.67. The summed E-state index contributed by atoms with van der Waals surface area (Å²) in [5, 5.41) is 20.7. The number of Topliss-reactive ketones (excluding diaryl/α,β-unsaturated/α-hetero) is 1. The molecule has 1 fully saturated rings. The SMILES string of the molecule is CCCCCOc1ccc(/C(O)=C2/C(=O)C(=O)N(c3ccc(C#N)cc3)C2c2ccc(OC)c(OCC)c2)cc1. The molecular weight excluding hydrogens is 508 g/mol. The summed E-state index contributed by atoms with van der Waals surface area (Å²) in [5.41, 5.74) is 1.69. The average molecular weight is 541 g/mol. The first-order valence-electron chi connectivity index (χ1n) is 13.3. The molecule has 1 atom stereocenters. The molecule has 3 aromatic carbocycles. The standard InChI is InChI=1S/C32H32N2O6/c1-4-6-7-18-40-25-15-10-22(11-16-25)30(35)28-29(23-12-17-26(38-3)27(19-23)39-5-2)34(32(37)31(28)36)24-13-8-21(20-33)9-14-24/h8-17,19,29,35H,4-7,18H2,1-3H3/b30-28-. The van der Waals surface area contributed by atoms with E-state index in [9.17, 15) is 20.0 Å². The summed E-state index contributed by atoms with van der Waals surface area (Å²) in [5.74, 6) is -0.320. The lowest BCUT2D eigenvalue weighted by molar-refractivity contribution is -0.132. The first-order chi connectivity index (χ1) is 19.4. The van der Waals surface area contributed by atoms with Crippen LogP contribution in [0.1, 0.15) is 55.8 Å². The van der Waals surface area contributed by atoms with E-state index in [1.807, 2.05) is 6.92 Å². The van der Waals surface area contributed by atoms with Crippen LogP contribution in [0.5, 0.6) is 17.2 Å². The highest BCUT2D eigenvalue weighted by Crippen LogP contribution is 2.44. The lowest BCUT2D eigenvalue weighted by atomic mass is 9.94. The van der Waals surface area contributed by atoms with E-state index < -0.39 is 17.7 Å². The van der Waals surface area contributed by atoms with Crippen LogP contribution in [-0.4, -0.2) is 37.1 Å². The molecule has 1 amide bonds. The zero-order chi connectivity index (χ0) is 28.6. The van der Waals surface area contributed by atoms with Crippen LogP contribution in [0, 0.1) is 11.3 Å². The van der Waals surface area contributed by atoms with E-state index in [2.05, 4.69) is 13.0 Å². The predicted molar refractivity (Wildman–Crippen MR) is 152 cm³/mol. The van der Waals surface area contributed by atoms with Crippen molar-refractivity contribution >= 4 is 23.1 Å². The molecule has 8 nitrogen and oxygen atoms in total. The lowest BCUT2D eigenvalue weighted by Gasteiger charge is -2.26. The number of carbonyl (C=O) groups is 2. The first-order valence-corrected chi connectivity index (χ1v) is 13.3. The fourth-order valence-electron chi connectivity index (χ4n) is 4.65. The van der Waals surface area contributed by atoms with Crippen LogP contribution in [0.2, 0.25) is 0 Å². The van der Waals surface area contributed by atoms with Crippen LogP contribution in [0.4, 0.5) is 5.69 Å². The molecule has 40 heavy (non-hydrogen) atoms. The molecule has 1 saturated heterocycles. The van der Waals surface area contributed by atoms with Crippen molar-refractivity contribution in [1.82, 2.24) is 0 Å². The lowest BCUT2D eigenvalue weighted by Crippen LogP contribution is -2.29. The number of rotatable bonds is 11. The maximum absolute atomic E-state index is 13.5. The second-order valence-corrected chi connectivity index (χ2v) is 9.25. The number of methoxy groups -OCH3 is 1. The topological polar surface area (TPSA) is 109 Å². The van der Waals surface area contributed by atoms with Gasteiger partial charge in [0.25, 0.3) is 11.7 Å². The molecule has 1 aliphatic heterocycles. The Morgan fingerprint density at radius 2 is 1.68 bits per heavy atom. The molecule has 1 N–H and O–H groups in total. The van der Waals surface area contributed by atoms with Gasteiger partial charge in [0, 0.05) is 11.3 Å². The number of anilines is 1. The number of ether oxygens (including phenoxy) is 3. The Kier molecular flexibility index (Phi) is 9.07. The first kappa shape index (κ1) is 28.2. The van der Waals surface area contributed by atoms with Crippen molar-refractivity contribution in [3.8, 4) is 23.3 Å². The summed E-state index contributed by atoms with van der Waals surface area (Å²) in [6, 6.07) is 19.4. The van der Waals surface area contributed by atoms with E-state index in [0.29, 0.717) is 52.8 Å². The van der Waals surface area contributed by atoms with Crippen molar-refractivity contribution in [2.75, 3.05) is 25.2 Å². The normalized spacial score (nSPS) is 16.1. The van der Waals surface area contributed by atoms with E-state index in [4.69, 9.17) is 14.2 Å². The minimum absolute atomic E-state index is 0.0569. The summed E-state index contributed by atoms with van der Waals surface area (Å²) in [6.45, 7) is 4.93. The quantitative estimate of drug-likeness (QED) is 0.134. The van der Waals surface area contributed by atoms with Crippen molar-refractivity contribution in [1.29, 1.82) is 5.26 Å². The molecule has 1 aliphatic rings. The highest BCUT2D eigenvalue weighted by Gasteiger charge is 2.47. The van der Waals surface area contributed by atoms with Crippen molar-refractivity contribution in [3.05, 3.63) is 89.0 Å². The molecule has 206 valence electrons. The zero-order valence-electron chi connectivity index (χ0n) is 22.8. The maximum atomic E-state index is 13.5. The zero-order valence-corrected chi connectivity index (χ0v) is 22.8. The summed E-state index contributed by atoms with van der Waals surface area (Å²) in [7, 11) is 1.53. The molecule has 0 saturated carbocycles. The van der Waals surface area contributed by atoms with E-state index in [1.54, 1.807) is 66.7 Å². The van der Waals surface area contributed by atoms with Gasteiger partial charge in [-0.05, 0) is 79.6 Å². The van der Waals surface area contributed by atoms with Crippen molar-refractivity contribution < 1.29 is 28.9 Å². The van der Waals surface area contributed by atoms with Crippen molar-refractivity contribution in [2.24, 2.45) is 0 Å². The number of benzene rings is 3. The summed E-state index contributed by atoms with van der Waals surface area (Å²) in [6.07, 6.45) is 3.12. The van der Waals surface area contributed by atoms with E-state index in [-0.39, 0.29) is 11.3 Å². The van der Waals surface area contributed by atoms with Crippen molar-refractivity contribution in [3.63, 3.8) is 0 Å². The molecule has 0 bridgehead atoms. The average Bonchev–Trinajstić information content (AvgIpc) is 3.25. The number of amides is 1. The fraction of sp³-hybridized carbons (Fsp3) is 0.281. The molecule has 0 radical (unpaired) electrons.